The van der Waals surface area contributed by atoms with E-state index < -0.39 is 0 Å². The molecular weight excluding hydrogens is 359 g/mol. The van der Waals surface area contributed by atoms with E-state index in [2.05, 4.69) is 10.4 Å². The second kappa shape index (κ2) is 8.70. The van der Waals surface area contributed by atoms with Crippen molar-refractivity contribution in [3.8, 4) is 0 Å². The Balaban J connectivity index is 0.00000225. The molecule has 5 nitrogen and oxygen atoms in total. The van der Waals surface area contributed by atoms with Crippen molar-refractivity contribution < 1.29 is 4.79 Å². The molecule has 1 amide bonds. The molecule has 0 spiro atoms. The minimum Gasteiger partial charge on any atom is -0.338 e. The standard InChI is InChI=1S/C18H23ClN4O.ClH/c1-3-23(11-13-4-6-15(19)7-5-13)18(24)17-10-20-9-16(17)14-8-21-22(2)12-14;/h4-8,12,16-17,20H,3,9-11H2,1-2H3;1H/t16-,17+;/m1./s1. The molecule has 1 aromatic carbocycles. The van der Waals surface area contributed by atoms with Crippen LogP contribution in [0.4, 0.5) is 0 Å². The highest BCUT2D eigenvalue weighted by molar-refractivity contribution is 6.30. The zero-order valence-corrected chi connectivity index (χ0v) is 16.1. The van der Waals surface area contributed by atoms with Gasteiger partial charge in [0.15, 0.2) is 0 Å². The van der Waals surface area contributed by atoms with Gasteiger partial charge in [-0.1, -0.05) is 23.7 Å². The first kappa shape index (κ1) is 19.8. The van der Waals surface area contributed by atoms with Crippen molar-refractivity contribution in [2.75, 3.05) is 19.6 Å². The lowest BCUT2D eigenvalue weighted by atomic mass is 9.89. The van der Waals surface area contributed by atoms with Crippen LogP contribution in [0, 0.1) is 5.92 Å². The lowest BCUT2D eigenvalue weighted by Crippen LogP contribution is -2.38. The fourth-order valence-electron chi connectivity index (χ4n) is 3.31. The van der Waals surface area contributed by atoms with Gasteiger partial charge in [0.25, 0.3) is 0 Å². The third kappa shape index (κ3) is 4.54. The molecule has 0 saturated carbocycles. The van der Waals surface area contributed by atoms with E-state index in [0.717, 1.165) is 24.2 Å². The number of nitrogens with zero attached hydrogens (tertiary/aromatic N) is 3. The molecule has 0 bridgehead atoms. The minimum atomic E-state index is -0.0403. The number of benzene rings is 1. The van der Waals surface area contributed by atoms with Crippen molar-refractivity contribution in [2.24, 2.45) is 13.0 Å². The fraction of sp³-hybridized carbons (Fsp3) is 0.444. The van der Waals surface area contributed by atoms with Gasteiger partial charge in [-0.2, -0.15) is 5.10 Å². The Morgan fingerprint density at radius 1 is 1.36 bits per heavy atom. The van der Waals surface area contributed by atoms with Crippen molar-refractivity contribution in [3.63, 3.8) is 0 Å². The van der Waals surface area contributed by atoms with Crippen molar-refractivity contribution in [1.29, 1.82) is 0 Å². The Bertz CT molecular complexity index is 701. The molecule has 1 aromatic heterocycles. The summed E-state index contributed by atoms with van der Waals surface area (Å²) < 4.78 is 1.79. The third-order valence-electron chi connectivity index (χ3n) is 4.66. The number of hydrogen-bond acceptors (Lipinski definition) is 3. The predicted molar refractivity (Wildman–Crippen MR) is 102 cm³/mol. The van der Waals surface area contributed by atoms with Gasteiger partial charge in [0.2, 0.25) is 5.91 Å². The van der Waals surface area contributed by atoms with Crippen LogP contribution in [-0.4, -0.2) is 40.2 Å². The van der Waals surface area contributed by atoms with Gasteiger partial charge < -0.3 is 10.2 Å². The molecule has 1 fully saturated rings. The molecule has 0 radical (unpaired) electrons. The second-order valence-electron chi connectivity index (χ2n) is 6.30. The summed E-state index contributed by atoms with van der Waals surface area (Å²) in [5, 5.41) is 8.32. The van der Waals surface area contributed by atoms with Gasteiger partial charge in [-0.3, -0.25) is 9.48 Å². The van der Waals surface area contributed by atoms with Crippen LogP contribution < -0.4 is 5.32 Å². The van der Waals surface area contributed by atoms with E-state index in [-0.39, 0.29) is 30.2 Å². The summed E-state index contributed by atoms with van der Waals surface area (Å²) >= 11 is 5.94. The molecule has 0 unspecified atom stereocenters. The van der Waals surface area contributed by atoms with Crippen LogP contribution in [0.1, 0.15) is 24.0 Å². The van der Waals surface area contributed by atoms with Crippen LogP contribution in [0.25, 0.3) is 0 Å². The normalized spacial score (nSPS) is 19.5. The second-order valence-corrected chi connectivity index (χ2v) is 6.73. The number of carbonyl (C=O) groups is 1. The van der Waals surface area contributed by atoms with Crippen LogP contribution in [0.5, 0.6) is 0 Å². The highest BCUT2D eigenvalue weighted by Gasteiger charge is 2.36. The van der Waals surface area contributed by atoms with E-state index in [9.17, 15) is 4.79 Å². The van der Waals surface area contributed by atoms with Crippen LogP contribution >= 0.6 is 24.0 Å². The summed E-state index contributed by atoms with van der Waals surface area (Å²) in [6.45, 7) is 4.87. The van der Waals surface area contributed by atoms with Gasteiger partial charge in [0.1, 0.15) is 0 Å². The van der Waals surface area contributed by atoms with Gasteiger partial charge in [-0.25, -0.2) is 0 Å². The number of rotatable bonds is 5. The summed E-state index contributed by atoms with van der Waals surface area (Å²) in [5.41, 5.74) is 2.22. The number of halogens is 2. The molecule has 1 saturated heterocycles. The number of carbonyl (C=O) groups excluding carboxylic acids is 1. The smallest absolute Gasteiger partial charge is 0.227 e. The predicted octanol–water partition coefficient (Wildman–Crippen LogP) is 2.85. The molecule has 1 aliphatic rings. The highest BCUT2D eigenvalue weighted by Crippen LogP contribution is 2.29. The van der Waals surface area contributed by atoms with Gasteiger partial charge in [-0.15, -0.1) is 12.4 Å². The third-order valence-corrected chi connectivity index (χ3v) is 4.92. The monoisotopic (exact) mass is 382 g/mol. The Kier molecular flexibility index (Phi) is 6.87. The first-order valence-electron chi connectivity index (χ1n) is 8.31. The molecule has 2 heterocycles. The van der Waals surface area contributed by atoms with Crippen molar-refractivity contribution >= 4 is 29.9 Å². The molecule has 2 atom stereocenters. The molecule has 2 aromatic rings. The lowest BCUT2D eigenvalue weighted by Gasteiger charge is -2.26. The van der Waals surface area contributed by atoms with Gasteiger partial charge in [0, 0.05) is 50.4 Å². The summed E-state index contributed by atoms with van der Waals surface area (Å²) in [5.74, 6) is 0.346. The first-order valence-corrected chi connectivity index (χ1v) is 8.68. The van der Waals surface area contributed by atoms with Gasteiger partial charge >= 0.3 is 0 Å². The summed E-state index contributed by atoms with van der Waals surface area (Å²) in [6, 6.07) is 7.68. The van der Waals surface area contributed by atoms with Crippen molar-refractivity contribution in [1.82, 2.24) is 20.0 Å². The number of aryl methyl sites for hydroxylation is 1. The van der Waals surface area contributed by atoms with Crippen molar-refractivity contribution in [2.45, 2.75) is 19.4 Å². The van der Waals surface area contributed by atoms with Crippen molar-refractivity contribution in [3.05, 3.63) is 52.8 Å². The average Bonchev–Trinajstić information content (AvgIpc) is 3.22. The fourth-order valence-corrected chi connectivity index (χ4v) is 3.44. The quantitative estimate of drug-likeness (QED) is 0.864. The molecule has 136 valence electrons. The number of aromatic nitrogens is 2. The molecule has 7 heteroatoms. The van der Waals surface area contributed by atoms with E-state index in [1.807, 2.05) is 55.5 Å². The lowest BCUT2D eigenvalue weighted by molar-refractivity contribution is -0.135. The van der Waals surface area contributed by atoms with E-state index in [0.29, 0.717) is 18.1 Å². The van der Waals surface area contributed by atoms with E-state index in [1.165, 1.54) is 0 Å². The molecule has 25 heavy (non-hydrogen) atoms. The maximum Gasteiger partial charge on any atom is 0.227 e. The van der Waals surface area contributed by atoms with Crippen LogP contribution in [0.15, 0.2) is 36.7 Å². The van der Waals surface area contributed by atoms with E-state index >= 15 is 0 Å². The zero-order valence-electron chi connectivity index (χ0n) is 14.5. The van der Waals surface area contributed by atoms with Gasteiger partial charge in [-0.05, 0) is 30.2 Å². The number of hydrogen-bond donors (Lipinski definition) is 1. The maximum absolute atomic E-state index is 13.1. The zero-order chi connectivity index (χ0) is 17.1. The van der Waals surface area contributed by atoms with E-state index in [4.69, 9.17) is 11.6 Å². The summed E-state index contributed by atoms with van der Waals surface area (Å²) in [4.78, 5) is 15.0. The number of nitrogens with one attached hydrogen (secondary N) is 1. The van der Waals surface area contributed by atoms with Gasteiger partial charge in [0.05, 0.1) is 12.1 Å². The summed E-state index contributed by atoms with van der Waals surface area (Å²) in [7, 11) is 1.90. The summed E-state index contributed by atoms with van der Waals surface area (Å²) in [6.07, 6.45) is 3.88. The Labute approximate surface area is 159 Å². The molecule has 1 N–H and O–H groups in total. The Morgan fingerprint density at radius 2 is 2.08 bits per heavy atom. The SMILES string of the molecule is CCN(Cc1ccc(Cl)cc1)C(=O)[C@H]1CNC[C@@H]1c1cnn(C)c1.Cl. The van der Waals surface area contributed by atoms with Crippen LogP contribution in [-0.2, 0) is 18.4 Å². The molecule has 0 aliphatic carbocycles. The van der Waals surface area contributed by atoms with Crippen LogP contribution in [0.3, 0.4) is 0 Å². The average molecular weight is 383 g/mol. The number of amides is 1. The van der Waals surface area contributed by atoms with Crippen LogP contribution in [0.2, 0.25) is 5.02 Å². The maximum atomic E-state index is 13.1. The molecular formula is C18H24Cl2N4O. The Morgan fingerprint density at radius 3 is 2.68 bits per heavy atom. The first-order chi connectivity index (χ1) is 11.6. The molecule has 3 rings (SSSR count). The molecule has 1 aliphatic heterocycles. The Hall–Kier alpha value is -1.56. The topological polar surface area (TPSA) is 50.2 Å². The highest BCUT2D eigenvalue weighted by atomic mass is 35.5. The van der Waals surface area contributed by atoms with E-state index in [1.54, 1.807) is 4.68 Å². The minimum absolute atomic E-state index is 0. The largest absolute Gasteiger partial charge is 0.338 e.